The Labute approximate surface area is 207 Å². The first-order chi connectivity index (χ1) is 16.4. The Bertz CT molecular complexity index is 1430. The van der Waals surface area contributed by atoms with E-state index < -0.39 is 19.5 Å². The molecule has 0 amide bonds. The molecule has 0 saturated carbocycles. The first kappa shape index (κ1) is 23.7. The van der Waals surface area contributed by atoms with E-state index in [4.69, 9.17) is 15.7 Å². The van der Waals surface area contributed by atoms with E-state index in [2.05, 4.69) is 38.7 Å². The van der Waals surface area contributed by atoms with Crippen LogP contribution in [0, 0.1) is 6.57 Å². The molecule has 2 bridgehead atoms. The molecular formula is C28H32N2O4Si. The van der Waals surface area contributed by atoms with Crippen LogP contribution in [-0.4, -0.2) is 29.7 Å². The van der Waals surface area contributed by atoms with Crippen LogP contribution < -0.4 is 0 Å². The normalized spacial score (nSPS) is 23.1. The van der Waals surface area contributed by atoms with E-state index in [1.165, 1.54) is 4.57 Å². The molecule has 0 saturated heterocycles. The molecule has 0 radical (unpaired) electrons. The lowest BCUT2D eigenvalue weighted by Crippen LogP contribution is -2.41. The summed E-state index contributed by atoms with van der Waals surface area (Å²) in [6, 6.07) is 11.1. The molecule has 35 heavy (non-hydrogen) atoms. The Morgan fingerprint density at radius 2 is 1.69 bits per heavy atom. The largest absolute Gasteiger partial charge is 0.494 e. The van der Waals surface area contributed by atoms with Gasteiger partial charge < -0.3 is 19.4 Å². The quantitative estimate of drug-likeness (QED) is 0.230. The van der Waals surface area contributed by atoms with Crippen LogP contribution in [0.3, 0.4) is 0 Å². The molecule has 3 heterocycles. The summed E-state index contributed by atoms with van der Waals surface area (Å²) >= 11 is 0. The molecule has 0 spiro atoms. The molecule has 2 aliphatic rings. The highest BCUT2D eigenvalue weighted by molar-refractivity contribution is 6.74. The molecule has 2 aromatic carbocycles. The van der Waals surface area contributed by atoms with Crippen LogP contribution in [0.2, 0.25) is 18.1 Å². The van der Waals surface area contributed by atoms with E-state index in [0.29, 0.717) is 35.5 Å². The molecule has 2 aliphatic heterocycles. The lowest BCUT2D eigenvalue weighted by molar-refractivity contribution is -0.0720. The van der Waals surface area contributed by atoms with E-state index in [1.54, 1.807) is 12.1 Å². The topological polar surface area (TPSA) is 68.2 Å². The predicted molar refractivity (Wildman–Crippen MR) is 140 cm³/mol. The van der Waals surface area contributed by atoms with Gasteiger partial charge in [-0.15, -0.1) is 0 Å². The van der Waals surface area contributed by atoms with Gasteiger partial charge in [-0.05, 0) is 54.0 Å². The van der Waals surface area contributed by atoms with Gasteiger partial charge in [-0.25, -0.2) is 4.85 Å². The average molecular weight is 489 g/mol. The minimum absolute atomic E-state index is 0.0429. The summed E-state index contributed by atoms with van der Waals surface area (Å²) in [5.74, 6) is -0.0872. The fourth-order valence-electron chi connectivity index (χ4n) is 5.15. The number of hydrogen-bond acceptors (Lipinski definition) is 4. The highest BCUT2D eigenvalue weighted by atomic mass is 28.4. The summed E-state index contributed by atoms with van der Waals surface area (Å²) in [6.45, 7) is 21.0. The number of fused-ring (bicyclic) bond motifs is 6. The van der Waals surface area contributed by atoms with Crippen LogP contribution in [0.1, 0.15) is 45.2 Å². The third kappa shape index (κ3) is 3.28. The number of hydrogen-bond donors (Lipinski definition) is 2. The smallest absolute Gasteiger partial charge is 0.205 e. The van der Waals surface area contributed by atoms with E-state index in [-0.39, 0.29) is 16.8 Å². The number of aromatic hydroxyl groups is 2. The van der Waals surface area contributed by atoms with Crippen molar-refractivity contribution in [3.63, 3.8) is 0 Å². The van der Waals surface area contributed by atoms with Crippen LogP contribution in [0.5, 0.6) is 11.8 Å². The maximum absolute atomic E-state index is 11.6. The molecule has 6 nitrogen and oxygen atoms in total. The highest BCUT2D eigenvalue weighted by Gasteiger charge is 2.58. The van der Waals surface area contributed by atoms with Gasteiger partial charge in [0.15, 0.2) is 14.0 Å². The number of ether oxygens (including phenoxy) is 1. The summed E-state index contributed by atoms with van der Waals surface area (Å²) in [5, 5.41) is 24.6. The van der Waals surface area contributed by atoms with Crippen molar-refractivity contribution in [3.05, 3.63) is 71.1 Å². The Balaban J connectivity index is 1.60. The summed E-state index contributed by atoms with van der Waals surface area (Å²) < 4.78 is 14.4. The van der Waals surface area contributed by atoms with E-state index >= 15 is 0 Å². The fourth-order valence-corrected chi connectivity index (χ4v) is 6.19. The van der Waals surface area contributed by atoms with Crippen molar-refractivity contribution in [3.8, 4) is 17.4 Å². The summed E-state index contributed by atoms with van der Waals surface area (Å²) in [7, 11) is -1.95. The van der Waals surface area contributed by atoms with Gasteiger partial charge in [0.25, 0.3) is 0 Å². The van der Waals surface area contributed by atoms with Gasteiger partial charge in [-0.3, -0.25) is 4.57 Å². The highest BCUT2D eigenvalue weighted by Crippen LogP contribution is 2.62. The van der Waals surface area contributed by atoms with Gasteiger partial charge in [0.2, 0.25) is 11.8 Å². The van der Waals surface area contributed by atoms with E-state index in [1.807, 2.05) is 43.3 Å². The van der Waals surface area contributed by atoms with Crippen LogP contribution in [-0.2, 0) is 20.4 Å². The van der Waals surface area contributed by atoms with E-state index in [0.717, 1.165) is 10.8 Å². The Morgan fingerprint density at radius 1 is 1.03 bits per heavy atom. The summed E-state index contributed by atoms with van der Waals surface area (Å²) in [5.41, 5.74) is 0.615. The molecule has 1 aromatic heterocycles. The molecule has 3 aromatic rings. The molecule has 5 rings (SSSR count). The molecule has 182 valence electrons. The minimum atomic E-state index is -1.95. The van der Waals surface area contributed by atoms with E-state index in [9.17, 15) is 10.2 Å². The summed E-state index contributed by atoms with van der Waals surface area (Å²) in [6.07, 6.45) is 4.49. The van der Waals surface area contributed by atoms with Gasteiger partial charge in [0, 0.05) is 13.0 Å². The molecular weight excluding hydrogens is 456 g/mol. The first-order valence-corrected chi connectivity index (χ1v) is 14.9. The van der Waals surface area contributed by atoms with Gasteiger partial charge in [-0.2, -0.15) is 0 Å². The lowest BCUT2D eigenvalue weighted by Gasteiger charge is -2.37. The van der Waals surface area contributed by atoms with Crippen LogP contribution in [0.15, 0.2) is 48.6 Å². The second-order valence-electron chi connectivity index (χ2n) is 11.3. The standard InChI is InChI=1S/C28H32N2O4Si/c1-26(2,3)35(6,7)33-17-16-28-15-14-27(4,34-28)22-23(28)25(32)30(24(22)31)21-13-12-20(29-5)18-10-8-9-11-19(18)21/h8-15,31-32H,16-17H2,1-4,6-7H3. The van der Waals surface area contributed by atoms with Crippen molar-refractivity contribution in [1.82, 2.24) is 4.57 Å². The van der Waals surface area contributed by atoms with Gasteiger partial charge in [-0.1, -0.05) is 51.1 Å². The molecule has 2 atom stereocenters. The molecule has 0 aliphatic carbocycles. The number of nitrogens with zero attached hydrogens (tertiary/aromatic N) is 2. The van der Waals surface area contributed by atoms with Crippen molar-refractivity contribution in [2.45, 2.75) is 63.5 Å². The lowest BCUT2D eigenvalue weighted by atomic mass is 9.83. The van der Waals surface area contributed by atoms with Crippen molar-refractivity contribution in [1.29, 1.82) is 0 Å². The second kappa shape index (κ2) is 7.47. The third-order valence-corrected chi connectivity index (χ3v) is 12.6. The van der Waals surface area contributed by atoms with Crippen LogP contribution >= 0.6 is 0 Å². The maximum Gasteiger partial charge on any atom is 0.205 e. The van der Waals surface area contributed by atoms with Crippen LogP contribution in [0.25, 0.3) is 21.3 Å². The maximum atomic E-state index is 11.6. The SMILES string of the molecule is [C-]#[N+]c1ccc(-n2c(O)c3c(c2O)C2(CCO[Si](C)(C)C(C)(C)C)C=CC3(C)O2)c2ccccc12. The first-order valence-electron chi connectivity index (χ1n) is 12.0. The average Bonchev–Trinajstić information content (AvgIpc) is 3.37. The Hall–Kier alpha value is -3.05. The fraction of sp³-hybridized carbons (Fsp3) is 0.393. The van der Waals surface area contributed by atoms with Gasteiger partial charge in [0.05, 0.1) is 23.4 Å². The van der Waals surface area contributed by atoms with Crippen molar-refractivity contribution < 1.29 is 19.4 Å². The predicted octanol–water partition coefficient (Wildman–Crippen LogP) is 7.01. The zero-order valence-electron chi connectivity index (χ0n) is 21.1. The van der Waals surface area contributed by atoms with Crippen molar-refractivity contribution in [2.75, 3.05) is 6.61 Å². The second-order valence-corrected chi connectivity index (χ2v) is 16.1. The Morgan fingerprint density at radius 3 is 2.34 bits per heavy atom. The van der Waals surface area contributed by atoms with Crippen LogP contribution in [0.4, 0.5) is 5.69 Å². The molecule has 2 unspecified atom stereocenters. The van der Waals surface area contributed by atoms with Gasteiger partial charge >= 0.3 is 0 Å². The minimum Gasteiger partial charge on any atom is -0.494 e. The molecule has 7 heteroatoms. The Kier molecular flexibility index (Phi) is 5.05. The number of benzene rings is 2. The number of rotatable bonds is 5. The molecule has 2 N–H and O–H groups in total. The molecule has 0 fully saturated rings. The van der Waals surface area contributed by atoms with Crippen molar-refractivity contribution in [2.24, 2.45) is 0 Å². The summed E-state index contributed by atoms with van der Waals surface area (Å²) in [4.78, 5) is 3.63. The zero-order valence-corrected chi connectivity index (χ0v) is 22.1. The zero-order chi connectivity index (χ0) is 25.4. The van der Waals surface area contributed by atoms with Crippen molar-refractivity contribution >= 4 is 24.8 Å². The monoisotopic (exact) mass is 488 g/mol. The van der Waals surface area contributed by atoms with Gasteiger partial charge in [0.1, 0.15) is 11.2 Å². The number of aromatic nitrogens is 1. The third-order valence-electron chi connectivity index (χ3n) is 8.09.